The van der Waals surface area contributed by atoms with Crippen molar-refractivity contribution in [2.45, 2.75) is 38.3 Å². The van der Waals surface area contributed by atoms with E-state index >= 15 is 0 Å². The van der Waals surface area contributed by atoms with Gasteiger partial charge in [0, 0.05) is 18.5 Å². The van der Waals surface area contributed by atoms with Crippen LogP contribution in [-0.2, 0) is 4.79 Å². The van der Waals surface area contributed by atoms with Crippen molar-refractivity contribution in [1.82, 2.24) is 5.32 Å². The highest BCUT2D eigenvalue weighted by atomic mass is 16.5. The van der Waals surface area contributed by atoms with Crippen molar-refractivity contribution in [3.05, 3.63) is 30.3 Å². The molecule has 16 heavy (non-hydrogen) atoms. The van der Waals surface area contributed by atoms with Crippen LogP contribution in [-0.4, -0.2) is 18.1 Å². The fourth-order valence-electron chi connectivity index (χ4n) is 1.85. The van der Waals surface area contributed by atoms with Crippen molar-refractivity contribution < 1.29 is 9.53 Å². The monoisotopic (exact) mass is 219 g/mol. The molecule has 86 valence electrons. The van der Waals surface area contributed by atoms with Gasteiger partial charge in [-0.15, -0.1) is 0 Å². The standard InChI is InChI=1S/C13H17NO2/c1-2-11-12(14-11)8-9-13(15)16-10-6-4-3-5-7-10/h3-7,11-12,14H,2,8-9H2,1H3. The lowest BCUT2D eigenvalue weighted by atomic mass is 10.1. The van der Waals surface area contributed by atoms with Gasteiger partial charge in [0.1, 0.15) is 5.75 Å². The summed E-state index contributed by atoms with van der Waals surface area (Å²) >= 11 is 0. The van der Waals surface area contributed by atoms with E-state index in [2.05, 4.69) is 12.2 Å². The van der Waals surface area contributed by atoms with Crippen LogP contribution in [0, 0.1) is 0 Å². The van der Waals surface area contributed by atoms with Gasteiger partial charge in [0.25, 0.3) is 0 Å². The topological polar surface area (TPSA) is 48.2 Å². The molecule has 1 N–H and O–H groups in total. The Balaban J connectivity index is 1.69. The molecule has 2 rings (SSSR count). The molecule has 1 saturated heterocycles. The average Bonchev–Trinajstić information content (AvgIpc) is 3.06. The fraction of sp³-hybridized carbons (Fsp3) is 0.462. The third-order valence-corrected chi connectivity index (χ3v) is 2.88. The zero-order valence-electron chi connectivity index (χ0n) is 9.48. The summed E-state index contributed by atoms with van der Waals surface area (Å²) in [5.41, 5.74) is 0. The molecule has 3 nitrogen and oxygen atoms in total. The highest BCUT2D eigenvalue weighted by molar-refractivity contribution is 5.72. The summed E-state index contributed by atoms with van der Waals surface area (Å²) in [6, 6.07) is 10.3. The second kappa shape index (κ2) is 5.12. The Labute approximate surface area is 95.8 Å². The van der Waals surface area contributed by atoms with E-state index in [1.807, 2.05) is 18.2 Å². The zero-order chi connectivity index (χ0) is 11.4. The van der Waals surface area contributed by atoms with Crippen LogP contribution in [0.3, 0.4) is 0 Å². The predicted molar refractivity (Wildman–Crippen MR) is 62.3 cm³/mol. The Kier molecular flexibility index (Phi) is 3.57. The van der Waals surface area contributed by atoms with Gasteiger partial charge in [-0.2, -0.15) is 0 Å². The molecular formula is C13H17NO2. The van der Waals surface area contributed by atoms with Crippen LogP contribution in [0.2, 0.25) is 0 Å². The van der Waals surface area contributed by atoms with E-state index in [1.165, 1.54) is 0 Å². The summed E-state index contributed by atoms with van der Waals surface area (Å²) in [6.07, 6.45) is 2.51. The molecule has 1 aromatic carbocycles. The molecular weight excluding hydrogens is 202 g/mol. The molecule has 0 radical (unpaired) electrons. The summed E-state index contributed by atoms with van der Waals surface area (Å²) in [6.45, 7) is 2.15. The maximum absolute atomic E-state index is 11.5. The van der Waals surface area contributed by atoms with E-state index in [4.69, 9.17) is 4.74 Å². The molecule has 1 fully saturated rings. The Morgan fingerprint density at radius 3 is 2.69 bits per heavy atom. The lowest BCUT2D eigenvalue weighted by Crippen LogP contribution is -2.09. The van der Waals surface area contributed by atoms with Crippen LogP contribution < -0.4 is 10.1 Å². The van der Waals surface area contributed by atoms with Gasteiger partial charge in [-0.25, -0.2) is 0 Å². The van der Waals surface area contributed by atoms with Gasteiger partial charge in [0.2, 0.25) is 0 Å². The van der Waals surface area contributed by atoms with Gasteiger partial charge < -0.3 is 10.1 Å². The van der Waals surface area contributed by atoms with E-state index in [0.717, 1.165) is 12.8 Å². The molecule has 1 aromatic rings. The number of nitrogens with one attached hydrogen (secondary N) is 1. The number of esters is 1. The number of ether oxygens (including phenoxy) is 1. The van der Waals surface area contributed by atoms with E-state index in [1.54, 1.807) is 12.1 Å². The van der Waals surface area contributed by atoms with Gasteiger partial charge in [-0.1, -0.05) is 25.1 Å². The summed E-state index contributed by atoms with van der Waals surface area (Å²) in [5, 5.41) is 3.33. The first kappa shape index (κ1) is 11.1. The first-order valence-corrected chi connectivity index (χ1v) is 5.81. The molecule has 1 aliphatic rings. The SMILES string of the molecule is CCC1NC1CCC(=O)Oc1ccccc1. The number of hydrogen-bond acceptors (Lipinski definition) is 3. The predicted octanol–water partition coefficient (Wildman–Crippen LogP) is 2.12. The normalized spacial score (nSPS) is 22.8. The largest absolute Gasteiger partial charge is 0.427 e. The van der Waals surface area contributed by atoms with E-state index < -0.39 is 0 Å². The molecule has 0 saturated carbocycles. The highest BCUT2D eigenvalue weighted by Gasteiger charge is 2.33. The van der Waals surface area contributed by atoms with Crippen LogP contribution in [0.25, 0.3) is 0 Å². The van der Waals surface area contributed by atoms with Crippen molar-refractivity contribution in [2.75, 3.05) is 0 Å². The minimum Gasteiger partial charge on any atom is -0.427 e. The van der Waals surface area contributed by atoms with Crippen LogP contribution in [0.15, 0.2) is 30.3 Å². The van der Waals surface area contributed by atoms with Crippen molar-refractivity contribution in [2.24, 2.45) is 0 Å². The molecule has 2 atom stereocenters. The smallest absolute Gasteiger partial charge is 0.311 e. The summed E-state index contributed by atoms with van der Waals surface area (Å²) in [5.74, 6) is 0.484. The lowest BCUT2D eigenvalue weighted by molar-refractivity contribution is -0.134. The molecule has 0 aromatic heterocycles. The summed E-state index contributed by atoms with van der Waals surface area (Å²) in [4.78, 5) is 11.5. The minimum absolute atomic E-state index is 0.144. The van der Waals surface area contributed by atoms with Crippen LogP contribution >= 0.6 is 0 Å². The second-order valence-electron chi connectivity index (χ2n) is 4.11. The first-order valence-electron chi connectivity index (χ1n) is 5.81. The maximum atomic E-state index is 11.5. The van der Waals surface area contributed by atoms with Crippen molar-refractivity contribution in [3.63, 3.8) is 0 Å². The van der Waals surface area contributed by atoms with Gasteiger partial charge in [-0.05, 0) is 25.0 Å². The molecule has 2 unspecified atom stereocenters. The molecule has 0 aliphatic carbocycles. The Morgan fingerprint density at radius 1 is 1.31 bits per heavy atom. The number of carbonyl (C=O) groups excluding carboxylic acids is 1. The van der Waals surface area contributed by atoms with Gasteiger partial charge >= 0.3 is 5.97 Å². The molecule has 0 amide bonds. The Hall–Kier alpha value is -1.35. The maximum Gasteiger partial charge on any atom is 0.311 e. The number of hydrogen-bond donors (Lipinski definition) is 1. The van der Waals surface area contributed by atoms with Crippen LogP contribution in [0.1, 0.15) is 26.2 Å². The summed E-state index contributed by atoms with van der Waals surface area (Å²) < 4.78 is 5.19. The van der Waals surface area contributed by atoms with Crippen LogP contribution in [0.5, 0.6) is 5.75 Å². The minimum atomic E-state index is -0.144. The molecule has 1 aliphatic heterocycles. The zero-order valence-corrected chi connectivity index (χ0v) is 9.48. The van der Waals surface area contributed by atoms with E-state index in [9.17, 15) is 4.79 Å². The van der Waals surface area contributed by atoms with Crippen LogP contribution in [0.4, 0.5) is 0 Å². The third-order valence-electron chi connectivity index (χ3n) is 2.88. The van der Waals surface area contributed by atoms with Crippen molar-refractivity contribution in [1.29, 1.82) is 0 Å². The number of benzene rings is 1. The molecule has 0 bridgehead atoms. The number of carbonyl (C=O) groups is 1. The van der Waals surface area contributed by atoms with Crippen molar-refractivity contribution >= 4 is 5.97 Å². The van der Waals surface area contributed by atoms with Gasteiger partial charge in [-0.3, -0.25) is 4.79 Å². The average molecular weight is 219 g/mol. The molecule has 1 heterocycles. The fourth-order valence-corrected chi connectivity index (χ4v) is 1.85. The van der Waals surface area contributed by atoms with Crippen molar-refractivity contribution in [3.8, 4) is 5.75 Å². The Bertz CT molecular complexity index is 350. The first-order chi connectivity index (χ1) is 7.79. The second-order valence-corrected chi connectivity index (χ2v) is 4.11. The van der Waals surface area contributed by atoms with E-state index in [0.29, 0.717) is 24.3 Å². The Morgan fingerprint density at radius 2 is 2.06 bits per heavy atom. The lowest BCUT2D eigenvalue weighted by Gasteiger charge is -2.02. The highest BCUT2D eigenvalue weighted by Crippen LogP contribution is 2.20. The third kappa shape index (κ3) is 3.07. The number of para-hydroxylation sites is 1. The summed E-state index contributed by atoms with van der Waals surface area (Å²) in [7, 11) is 0. The van der Waals surface area contributed by atoms with Gasteiger partial charge in [0.15, 0.2) is 0 Å². The molecule has 3 heteroatoms. The van der Waals surface area contributed by atoms with Gasteiger partial charge in [0.05, 0.1) is 0 Å². The molecule has 0 spiro atoms. The number of rotatable bonds is 5. The van der Waals surface area contributed by atoms with E-state index in [-0.39, 0.29) is 5.97 Å². The quantitative estimate of drug-likeness (QED) is 0.469.